The molecule has 3 aromatic carbocycles. The van der Waals surface area contributed by atoms with Crippen molar-refractivity contribution < 1.29 is 17.9 Å². The molecule has 3 aromatic rings. The van der Waals surface area contributed by atoms with Gasteiger partial charge in [-0.2, -0.15) is 0 Å². The minimum Gasteiger partial charge on any atom is -0.484 e. The van der Waals surface area contributed by atoms with Crippen LogP contribution >= 0.6 is 23.2 Å². The number of sulfonamides is 1. The number of benzene rings is 3. The molecular formula is C22H20Cl2N2O4S. The first-order chi connectivity index (χ1) is 14.6. The molecule has 0 fully saturated rings. The van der Waals surface area contributed by atoms with Gasteiger partial charge in [0.05, 0.1) is 10.6 Å². The van der Waals surface area contributed by atoms with Gasteiger partial charge in [0.1, 0.15) is 5.75 Å². The Kier molecular flexibility index (Phi) is 7.10. The van der Waals surface area contributed by atoms with Crippen LogP contribution in [0.3, 0.4) is 0 Å². The Morgan fingerprint density at radius 3 is 2.23 bits per heavy atom. The van der Waals surface area contributed by atoms with Crippen LogP contribution in [0, 0.1) is 13.8 Å². The molecule has 0 aliphatic rings. The standard InChI is InChI=1S/C22H20Cl2N2O4S/c1-14-3-4-15(2)21(9-14)25-22(27)13-30-19-5-7-20(8-6-19)31(28,29)26-18-11-16(23)10-17(24)12-18/h3-12,26H,13H2,1-2H3,(H,25,27). The predicted molar refractivity (Wildman–Crippen MR) is 124 cm³/mol. The number of amides is 1. The van der Waals surface area contributed by atoms with Crippen LogP contribution < -0.4 is 14.8 Å². The van der Waals surface area contributed by atoms with Crippen molar-refractivity contribution >= 4 is 50.5 Å². The maximum atomic E-state index is 12.6. The molecule has 9 heteroatoms. The number of carbonyl (C=O) groups is 1. The molecule has 0 heterocycles. The Morgan fingerprint density at radius 2 is 1.58 bits per heavy atom. The lowest BCUT2D eigenvalue weighted by Gasteiger charge is -2.11. The summed E-state index contributed by atoms with van der Waals surface area (Å²) in [7, 11) is -3.85. The van der Waals surface area contributed by atoms with Gasteiger partial charge in [0, 0.05) is 15.7 Å². The molecule has 0 radical (unpaired) electrons. The summed E-state index contributed by atoms with van der Waals surface area (Å²) in [5.74, 6) is 0.0470. The van der Waals surface area contributed by atoms with E-state index in [-0.39, 0.29) is 23.1 Å². The molecule has 0 aromatic heterocycles. The fourth-order valence-electron chi connectivity index (χ4n) is 2.75. The summed E-state index contributed by atoms with van der Waals surface area (Å²) >= 11 is 11.8. The van der Waals surface area contributed by atoms with Crippen molar-refractivity contribution in [3.05, 3.63) is 81.8 Å². The molecule has 6 nitrogen and oxygen atoms in total. The second kappa shape index (κ2) is 9.60. The highest BCUT2D eigenvalue weighted by molar-refractivity contribution is 7.92. The normalized spacial score (nSPS) is 11.1. The first kappa shape index (κ1) is 22.9. The molecule has 162 valence electrons. The summed E-state index contributed by atoms with van der Waals surface area (Å²) in [5.41, 5.74) is 2.96. The first-order valence-corrected chi connectivity index (χ1v) is 11.5. The maximum Gasteiger partial charge on any atom is 0.262 e. The zero-order valence-electron chi connectivity index (χ0n) is 16.8. The van der Waals surface area contributed by atoms with Crippen LogP contribution in [0.15, 0.2) is 65.6 Å². The summed E-state index contributed by atoms with van der Waals surface area (Å²) < 4.78 is 33.0. The van der Waals surface area contributed by atoms with E-state index >= 15 is 0 Å². The molecular weight excluding hydrogens is 459 g/mol. The highest BCUT2D eigenvalue weighted by atomic mass is 35.5. The number of rotatable bonds is 7. The van der Waals surface area contributed by atoms with Crippen LogP contribution in [0.2, 0.25) is 10.0 Å². The fourth-order valence-corrected chi connectivity index (χ4v) is 4.31. The number of ether oxygens (including phenoxy) is 1. The van der Waals surface area contributed by atoms with Crippen LogP contribution in [0.25, 0.3) is 0 Å². The van der Waals surface area contributed by atoms with Crippen LogP contribution in [-0.2, 0) is 14.8 Å². The summed E-state index contributed by atoms with van der Waals surface area (Å²) in [4.78, 5) is 12.2. The fraction of sp³-hybridized carbons (Fsp3) is 0.136. The van der Waals surface area contributed by atoms with Gasteiger partial charge in [-0.05, 0) is 73.5 Å². The Bertz CT molecular complexity index is 1190. The van der Waals surface area contributed by atoms with Crippen molar-refractivity contribution in [3.63, 3.8) is 0 Å². The van der Waals surface area contributed by atoms with Gasteiger partial charge >= 0.3 is 0 Å². The maximum absolute atomic E-state index is 12.6. The number of hydrogen-bond donors (Lipinski definition) is 2. The van der Waals surface area contributed by atoms with Crippen molar-refractivity contribution in [1.29, 1.82) is 0 Å². The lowest BCUT2D eigenvalue weighted by Crippen LogP contribution is -2.20. The predicted octanol–water partition coefficient (Wildman–Crippen LogP) is 5.43. The van der Waals surface area contributed by atoms with Gasteiger partial charge in [-0.25, -0.2) is 8.42 Å². The van der Waals surface area contributed by atoms with E-state index in [0.29, 0.717) is 15.8 Å². The minimum absolute atomic E-state index is 0.0239. The van der Waals surface area contributed by atoms with E-state index in [9.17, 15) is 13.2 Å². The lowest BCUT2D eigenvalue weighted by atomic mass is 10.1. The van der Waals surface area contributed by atoms with Crippen LogP contribution in [0.5, 0.6) is 5.75 Å². The number of anilines is 2. The Labute approximate surface area is 191 Å². The summed E-state index contributed by atoms with van der Waals surface area (Å²) in [6.07, 6.45) is 0. The zero-order valence-corrected chi connectivity index (χ0v) is 19.1. The molecule has 0 atom stereocenters. The number of aryl methyl sites for hydroxylation is 2. The number of halogens is 2. The Hall–Kier alpha value is -2.74. The van der Waals surface area contributed by atoms with E-state index < -0.39 is 10.0 Å². The highest BCUT2D eigenvalue weighted by Gasteiger charge is 2.15. The van der Waals surface area contributed by atoms with E-state index in [0.717, 1.165) is 16.8 Å². The van der Waals surface area contributed by atoms with E-state index in [4.69, 9.17) is 27.9 Å². The Morgan fingerprint density at radius 1 is 0.935 bits per heavy atom. The number of nitrogens with one attached hydrogen (secondary N) is 2. The summed E-state index contributed by atoms with van der Waals surface area (Å²) in [5, 5.41) is 3.43. The number of hydrogen-bond acceptors (Lipinski definition) is 4. The molecule has 0 saturated carbocycles. The van der Waals surface area contributed by atoms with Gasteiger partial charge in [-0.3, -0.25) is 9.52 Å². The average Bonchev–Trinajstić information content (AvgIpc) is 2.68. The molecule has 0 aliphatic carbocycles. The third kappa shape index (κ3) is 6.37. The van der Waals surface area contributed by atoms with Crippen LogP contribution in [0.4, 0.5) is 11.4 Å². The topological polar surface area (TPSA) is 84.5 Å². The van der Waals surface area contributed by atoms with Gasteiger partial charge in [0.2, 0.25) is 0 Å². The molecule has 0 aliphatic heterocycles. The summed E-state index contributed by atoms with van der Waals surface area (Å²) in [6, 6.07) is 15.9. The molecule has 31 heavy (non-hydrogen) atoms. The second-order valence-corrected chi connectivity index (χ2v) is 9.45. The lowest BCUT2D eigenvalue weighted by molar-refractivity contribution is -0.118. The largest absolute Gasteiger partial charge is 0.484 e. The minimum atomic E-state index is -3.85. The molecule has 0 spiro atoms. The van der Waals surface area contributed by atoms with Crippen molar-refractivity contribution in [1.82, 2.24) is 0 Å². The summed E-state index contributed by atoms with van der Waals surface area (Å²) in [6.45, 7) is 3.64. The molecule has 1 amide bonds. The van der Waals surface area contributed by atoms with Crippen LogP contribution in [0.1, 0.15) is 11.1 Å². The molecule has 3 rings (SSSR count). The Balaban J connectivity index is 1.61. The van der Waals surface area contributed by atoms with Crippen molar-refractivity contribution in [2.45, 2.75) is 18.7 Å². The zero-order chi connectivity index (χ0) is 22.6. The SMILES string of the molecule is Cc1ccc(C)c(NC(=O)COc2ccc(S(=O)(=O)Nc3cc(Cl)cc(Cl)c3)cc2)c1. The molecule has 0 bridgehead atoms. The average molecular weight is 479 g/mol. The van der Waals surface area contributed by atoms with E-state index in [1.54, 1.807) is 0 Å². The van der Waals surface area contributed by atoms with Crippen molar-refractivity contribution in [2.75, 3.05) is 16.6 Å². The van der Waals surface area contributed by atoms with Gasteiger partial charge in [-0.15, -0.1) is 0 Å². The van der Waals surface area contributed by atoms with E-state index in [1.165, 1.54) is 42.5 Å². The van der Waals surface area contributed by atoms with Crippen LogP contribution in [-0.4, -0.2) is 20.9 Å². The highest BCUT2D eigenvalue weighted by Crippen LogP contribution is 2.25. The third-order valence-corrected chi connectivity index (χ3v) is 6.12. The van der Waals surface area contributed by atoms with Gasteiger partial charge in [0.25, 0.3) is 15.9 Å². The quantitative estimate of drug-likeness (QED) is 0.474. The molecule has 0 unspecified atom stereocenters. The van der Waals surface area contributed by atoms with E-state index in [2.05, 4.69) is 10.0 Å². The van der Waals surface area contributed by atoms with Gasteiger partial charge < -0.3 is 10.1 Å². The molecule has 2 N–H and O–H groups in total. The van der Waals surface area contributed by atoms with Gasteiger partial charge in [-0.1, -0.05) is 35.3 Å². The molecule has 0 saturated heterocycles. The smallest absolute Gasteiger partial charge is 0.262 e. The number of carbonyl (C=O) groups excluding carboxylic acids is 1. The first-order valence-electron chi connectivity index (χ1n) is 9.21. The van der Waals surface area contributed by atoms with Crippen molar-refractivity contribution in [3.8, 4) is 5.75 Å². The monoisotopic (exact) mass is 478 g/mol. The third-order valence-electron chi connectivity index (χ3n) is 4.29. The van der Waals surface area contributed by atoms with Gasteiger partial charge in [0.15, 0.2) is 6.61 Å². The van der Waals surface area contributed by atoms with E-state index in [1.807, 2.05) is 32.0 Å². The second-order valence-electron chi connectivity index (χ2n) is 6.89. The van der Waals surface area contributed by atoms with Crippen molar-refractivity contribution in [2.24, 2.45) is 0 Å².